The number of carbonyl (C=O) groups excluding carboxylic acids is 1. The molecular formula is C17H21N5OS. The maximum absolute atomic E-state index is 12.3. The van der Waals surface area contributed by atoms with Crippen LogP contribution in [0.1, 0.15) is 48.3 Å². The van der Waals surface area contributed by atoms with E-state index in [-0.39, 0.29) is 11.7 Å². The molecule has 1 aliphatic carbocycles. The molecule has 3 aromatic rings. The van der Waals surface area contributed by atoms with Gasteiger partial charge in [0.05, 0.1) is 5.39 Å². The van der Waals surface area contributed by atoms with E-state index in [2.05, 4.69) is 41.2 Å². The van der Waals surface area contributed by atoms with Crippen molar-refractivity contribution >= 4 is 33.1 Å². The summed E-state index contributed by atoms with van der Waals surface area (Å²) in [7, 11) is 0. The highest BCUT2D eigenvalue weighted by Gasteiger charge is 2.24. The molecule has 0 aromatic carbocycles. The van der Waals surface area contributed by atoms with E-state index >= 15 is 0 Å². The van der Waals surface area contributed by atoms with Gasteiger partial charge >= 0.3 is 0 Å². The van der Waals surface area contributed by atoms with E-state index in [1.165, 1.54) is 16.9 Å². The first-order valence-electron chi connectivity index (χ1n) is 8.46. The average Bonchev–Trinajstić information content (AvgIpc) is 3.12. The zero-order valence-corrected chi connectivity index (χ0v) is 15.0. The normalized spacial score (nSPS) is 17.6. The number of fused-ring (bicyclic) bond motifs is 5. The molecule has 6 nitrogen and oxygen atoms in total. The van der Waals surface area contributed by atoms with Crippen LogP contribution in [0.2, 0.25) is 0 Å². The van der Waals surface area contributed by atoms with Crippen LogP contribution >= 0.6 is 11.3 Å². The minimum atomic E-state index is -0.224. The van der Waals surface area contributed by atoms with Gasteiger partial charge in [0.15, 0.2) is 5.65 Å². The maximum Gasteiger partial charge on any atom is 0.291 e. The molecule has 126 valence electrons. The molecule has 0 aliphatic heterocycles. The summed E-state index contributed by atoms with van der Waals surface area (Å²) in [6.45, 7) is 7.02. The number of thiophene rings is 1. The lowest BCUT2D eigenvalue weighted by Crippen LogP contribution is -2.28. The second-order valence-corrected chi connectivity index (χ2v) is 8.17. The van der Waals surface area contributed by atoms with Crippen molar-refractivity contribution in [3.05, 3.63) is 22.6 Å². The molecule has 0 fully saturated rings. The van der Waals surface area contributed by atoms with Crippen LogP contribution in [0.5, 0.6) is 0 Å². The molecular weight excluding hydrogens is 322 g/mol. The smallest absolute Gasteiger partial charge is 0.291 e. The molecule has 0 saturated carbocycles. The third kappa shape index (κ3) is 2.56. The Hall–Kier alpha value is -2.02. The summed E-state index contributed by atoms with van der Waals surface area (Å²) in [4.78, 5) is 23.7. The van der Waals surface area contributed by atoms with Crippen molar-refractivity contribution in [2.24, 2.45) is 11.8 Å². The molecule has 0 unspecified atom stereocenters. The SMILES string of the molecule is CC(C)CNC(=O)c1nc2c3c4c(sc3ncn2n1)CC[C@H](C)C4. The summed E-state index contributed by atoms with van der Waals surface area (Å²) in [5.74, 6) is 1.06. The van der Waals surface area contributed by atoms with E-state index < -0.39 is 0 Å². The summed E-state index contributed by atoms with van der Waals surface area (Å²) in [6, 6.07) is 0. The Bertz CT molecular complexity index is 926. The monoisotopic (exact) mass is 343 g/mol. The fourth-order valence-electron chi connectivity index (χ4n) is 3.22. The quantitative estimate of drug-likeness (QED) is 0.794. The van der Waals surface area contributed by atoms with Crippen LogP contribution in [0.3, 0.4) is 0 Å². The Balaban J connectivity index is 1.80. The lowest BCUT2D eigenvalue weighted by Gasteiger charge is -2.17. The minimum absolute atomic E-state index is 0.216. The van der Waals surface area contributed by atoms with Crippen molar-refractivity contribution in [2.75, 3.05) is 6.54 Å². The molecule has 4 rings (SSSR count). The van der Waals surface area contributed by atoms with E-state index in [1.807, 2.05) is 0 Å². The van der Waals surface area contributed by atoms with Gasteiger partial charge in [0.2, 0.25) is 5.82 Å². The number of carbonyl (C=O) groups is 1. The molecule has 0 bridgehead atoms. The van der Waals surface area contributed by atoms with Gasteiger partial charge < -0.3 is 5.32 Å². The maximum atomic E-state index is 12.3. The average molecular weight is 343 g/mol. The summed E-state index contributed by atoms with van der Waals surface area (Å²) >= 11 is 1.76. The van der Waals surface area contributed by atoms with Crippen molar-refractivity contribution in [3.8, 4) is 0 Å². The number of nitrogens with zero attached hydrogens (tertiary/aromatic N) is 4. The molecule has 0 saturated heterocycles. The van der Waals surface area contributed by atoms with Crippen LogP contribution < -0.4 is 5.32 Å². The Morgan fingerprint density at radius 3 is 3.12 bits per heavy atom. The van der Waals surface area contributed by atoms with Crippen LogP contribution in [0.25, 0.3) is 15.9 Å². The number of aryl methyl sites for hydroxylation is 1. The highest BCUT2D eigenvalue weighted by Crippen LogP contribution is 2.38. The van der Waals surface area contributed by atoms with Gasteiger partial charge in [-0.2, -0.15) is 0 Å². The number of hydrogen-bond acceptors (Lipinski definition) is 5. The van der Waals surface area contributed by atoms with Crippen LogP contribution in [-0.4, -0.2) is 32.0 Å². The standard InChI is InChI=1S/C17H21N5OS/c1-9(2)7-18-16(23)14-20-15-13-11-6-10(3)4-5-12(11)24-17(13)19-8-22(15)21-14/h8-10H,4-7H2,1-3H3,(H,18,23)/t10-/m0/s1. The summed E-state index contributed by atoms with van der Waals surface area (Å²) in [5.41, 5.74) is 2.11. The number of nitrogens with one attached hydrogen (secondary N) is 1. The Labute approximate surface area is 144 Å². The highest BCUT2D eigenvalue weighted by atomic mass is 32.1. The number of amides is 1. The highest BCUT2D eigenvalue weighted by molar-refractivity contribution is 7.19. The molecule has 1 aliphatic rings. The van der Waals surface area contributed by atoms with Crippen molar-refractivity contribution in [2.45, 2.75) is 40.0 Å². The van der Waals surface area contributed by atoms with Gasteiger partial charge in [-0.15, -0.1) is 16.4 Å². The third-order valence-electron chi connectivity index (χ3n) is 4.50. The second-order valence-electron chi connectivity index (χ2n) is 7.08. The van der Waals surface area contributed by atoms with Crippen molar-refractivity contribution in [1.29, 1.82) is 0 Å². The second kappa shape index (κ2) is 5.81. The summed E-state index contributed by atoms with van der Waals surface area (Å²) < 4.78 is 1.64. The van der Waals surface area contributed by atoms with Gasteiger partial charge in [-0.1, -0.05) is 20.8 Å². The minimum Gasteiger partial charge on any atom is -0.349 e. The first-order valence-corrected chi connectivity index (χ1v) is 9.28. The van der Waals surface area contributed by atoms with Gasteiger partial charge in [-0.05, 0) is 36.7 Å². The summed E-state index contributed by atoms with van der Waals surface area (Å²) in [5, 5.41) is 8.28. The topological polar surface area (TPSA) is 72.2 Å². The largest absolute Gasteiger partial charge is 0.349 e. The predicted molar refractivity (Wildman–Crippen MR) is 94.5 cm³/mol. The van der Waals surface area contributed by atoms with Crippen molar-refractivity contribution in [3.63, 3.8) is 0 Å². The number of rotatable bonds is 3. The summed E-state index contributed by atoms with van der Waals surface area (Å²) in [6.07, 6.45) is 5.05. The van der Waals surface area contributed by atoms with Crippen LogP contribution in [-0.2, 0) is 12.8 Å². The predicted octanol–water partition coefficient (Wildman–Crippen LogP) is 2.85. The van der Waals surface area contributed by atoms with Gasteiger partial charge in [0, 0.05) is 11.4 Å². The number of hydrogen-bond donors (Lipinski definition) is 1. The van der Waals surface area contributed by atoms with Gasteiger partial charge in [-0.3, -0.25) is 4.79 Å². The van der Waals surface area contributed by atoms with Crippen LogP contribution in [0.15, 0.2) is 6.33 Å². The lowest BCUT2D eigenvalue weighted by atomic mass is 9.89. The van der Waals surface area contributed by atoms with E-state index in [0.717, 1.165) is 28.7 Å². The molecule has 3 aromatic heterocycles. The molecule has 0 spiro atoms. The van der Waals surface area contributed by atoms with Gasteiger partial charge in [0.25, 0.3) is 5.91 Å². The van der Waals surface area contributed by atoms with E-state index in [0.29, 0.717) is 18.4 Å². The molecule has 1 amide bonds. The van der Waals surface area contributed by atoms with Crippen LogP contribution in [0.4, 0.5) is 0 Å². The van der Waals surface area contributed by atoms with Gasteiger partial charge in [-0.25, -0.2) is 14.5 Å². The van der Waals surface area contributed by atoms with E-state index in [9.17, 15) is 4.79 Å². The molecule has 24 heavy (non-hydrogen) atoms. The Morgan fingerprint density at radius 2 is 2.33 bits per heavy atom. The molecule has 7 heteroatoms. The Morgan fingerprint density at radius 1 is 1.50 bits per heavy atom. The van der Waals surface area contributed by atoms with Crippen molar-refractivity contribution < 1.29 is 4.79 Å². The number of aromatic nitrogens is 4. The lowest BCUT2D eigenvalue weighted by molar-refractivity contribution is 0.0939. The molecule has 3 heterocycles. The third-order valence-corrected chi connectivity index (χ3v) is 5.70. The first-order chi connectivity index (χ1) is 11.5. The fraction of sp³-hybridized carbons (Fsp3) is 0.529. The van der Waals surface area contributed by atoms with E-state index in [4.69, 9.17) is 0 Å². The molecule has 0 radical (unpaired) electrons. The molecule has 1 N–H and O–H groups in total. The van der Waals surface area contributed by atoms with E-state index in [1.54, 1.807) is 22.2 Å². The Kier molecular flexibility index (Phi) is 3.75. The first kappa shape index (κ1) is 15.5. The fourth-order valence-corrected chi connectivity index (χ4v) is 4.40. The van der Waals surface area contributed by atoms with Crippen molar-refractivity contribution in [1.82, 2.24) is 24.9 Å². The zero-order valence-electron chi connectivity index (χ0n) is 14.2. The molecule has 1 atom stereocenters. The zero-order chi connectivity index (χ0) is 16.8. The van der Waals surface area contributed by atoms with Gasteiger partial charge in [0.1, 0.15) is 11.2 Å². The van der Waals surface area contributed by atoms with Crippen LogP contribution in [0, 0.1) is 11.8 Å².